The number of carbonyl (C=O) groups is 1. The second-order valence-corrected chi connectivity index (χ2v) is 9.46. The van der Waals surface area contributed by atoms with Gasteiger partial charge in [0.2, 0.25) is 0 Å². The number of rotatable bonds is 6. The molecule has 0 saturated heterocycles. The molecule has 1 N–H and O–H groups in total. The zero-order chi connectivity index (χ0) is 15.5. The molecule has 0 aliphatic heterocycles. The van der Waals surface area contributed by atoms with E-state index in [0.717, 1.165) is 25.2 Å². The maximum Gasteiger partial charge on any atom is 0.322 e. The Morgan fingerprint density at radius 3 is 2.81 bits per heavy atom. The summed E-state index contributed by atoms with van der Waals surface area (Å²) in [6.07, 6.45) is 8.94. The molecule has 3 nitrogen and oxygen atoms in total. The van der Waals surface area contributed by atoms with Crippen LogP contribution in [0, 0.1) is 17.8 Å². The highest BCUT2D eigenvalue weighted by molar-refractivity contribution is 14.1. The van der Waals surface area contributed by atoms with E-state index in [0.29, 0.717) is 11.8 Å². The highest BCUT2D eigenvalue weighted by Gasteiger charge is 2.43. The minimum Gasteiger partial charge on any atom is -0.461 e. The summed E-state index contributed by atoms with van der Waals surface area (Å²) in [6, 6.07) is 0. The molecule has 2 bridgehead atoms. The van der Waals surface area contributed by atoms with Crippen molar-refractivity contribution in [3.63, 3.8) is 0 Å². The van der Waals surface area contributed by atoms with Crippen LogP contribution in [0.2, 0.25) is 0 Å². The van der Waals surface area contributed by atoms with Crippen LogP contribution in [0.25, 0.3) is 0 Å². The monoisotopic (exact) mass is 408 g/mol. The molecule has 2 aliphatic carbocycles. The fourth-order valence-electron chi connectivity index (χ4n) is 4.01. The number of aliphatic hydroxyl groups excluding tert-OH is 1. The second-order valence-electron chi connectivity index (χ2n) is 7.08. The highest BCUT2D eigenvalue weighted by Crippen LogP contribution is 2.46. The van der Waals surface area contributed by atoms with Crippen molar-refractivity contribution in [2.75, 3.05) is 6.61 Å². The van der Waals surface area contributed by atoms with Gasteiger partial charge in [0.1, 0.15) is 9.53 Å². The Morgan fingerprint density at radius 1 is 1.38 bits per heavy atom. The van der Waals surface area contributed by atoms with Gasteiger partial charge in [-0.3, -0.25) is 4.79 Å². The van der Waals surface area contributed by atoms with Crippen molar-refractivity contribution in [3.05, 3.63) is 0 Å². The van der Waals surface area contributed by atoms with E-state index >= 15 is 0 Å². The first-order valence-electron chi connectivity index (χ1n) is 8.48. The SMILES string of the molecule is CCC(C)(I)C(=O)OC1C(CCCO)CC2CCCC1C2. The lowest BCUT2D eigenvalue weighted by molar-refractivity contribution is -0.163. The molecule has 0 amide bonds. The molecule has 2 aliphatic rings. The van der Waals surface area contributed by atoms with Crippen LogP contribution in [0.5, 0.6) is 0 Å². The smallest absolute Gasteiger partial charge is 0.322 e. The maximum absolute atomic E-state index is 12.5. The molecule has 0 heterocycles. The van der Waals surface area contributed by atoms with E-state index in [-0.39, 0.29) is 18.7 Å². The van der Waals surface area contributed by atoms with Crippen LogP contribution < -0.4 is 0 Å². The van der Waals surface area contributed by atoms with Crippen LogP contribution >= 0.6 is 22.6 Å². The number of halogens is 1. The van der Waals surface area contributed by atoms with E-state index in [2.05, 4.69) is 22.6 Å². The summed E-state index contributed by atoms with van der Waals surface area (Å²) < 4.78 is 5.60. The molecule has 0 aromatic rings. The first-order valence-corrected chi connectivity index (χ1v) is 9.56. The zero-order valence-corrected chi connectivity index (χ0v) is 15.5. The molecule has 0 aromatic heterocycles. The summed E-state index contributed by atoms with van der Waals surface area (Å²) in [5, 5.41) is 9.13. The van der Waals surface area contributed by atoms with E-state index in [4.69, 9.17) is 9.84 Å². The van der Waals surface area contributed by atoms with Gasteiger partial charge in [-0.25, -0.2) is 0 Å². The molecule has 2 fully saturated rings. The van der Waals surface area contributed by atoms with Crippen LogP contribution in [0.15, 0.2) is 0 Å². The maximum atomic E-state index is 12.5. The summed E-state index contributed by atoms with van der Waals surface area (Å²) in [6.45, 7) is 4.24. The number of aliphatic hydroxyl groups is 1. The lowest BCUT2D eigenvalue weighted by Crippen LogP contribution is -2.45. The third-order valence-electron chi connectivity index (χ3n) is 5.45. The van der Waals surface area contributed by atoms with E-state index in [1.807, 2.05) is 13.8 Å². The molecule has 122 valence electrons. The molecule has 5 unspecified atom stereocenters. The third-order valence-corrected chi connectivity index (χ3v) is 6.66. The molecule has 4 heteroatoms. The summed E-state index contributed by atoms with van der Waals surface area (Å²) >= 11 is 2.22. The van der Waals surface area contributed by atoms with Gasteiger partial charge in [0.15, 0.2) is 0 Å². The largest absolute Gasteiger partial charge is 0.461 e. The average Bonchev–Trinajstić information content (AvgIpc) is 2.48. The molecular formula is C17H29IO3. The number of hydrogen-bond acceptors (Lipinski definition) is 3. The van der Waals surface area contributed by atoms with Crippen molar-refractivity contribution in [1.29, 1.82) is 0 Å². The Morgan fingerprint density at radius 2 is 2.14 bits per heavy atom. The van der Waals surface area contributed by atoms with E-state index < -0.39 is 3.42 Å². The molecule has 0 aromatic carbocycles. The van der Waals surface area contributed by atoms with Crippen molar-refractivity contribution >= 4 is 28.6 Å². The lowest BCUT2D eigenvalue weighted by atomic mass is 9.65. The summed E-state index contributed by atoms with van der Waals surface area (Å²) in [4.78, 5) is 12.5. The quantitative estimate of drug-likeness (QED) is 0.409. The van der Waals surface area contributed by atoms with Crippen molar-refractivity contribution in [2.24, 2.45) is 17.8 Å². The number of alkyl halides is 1. The van der Waals surface area contributed by atoms with Crippen LogP contribution in [0.1, 0.15) is 65.2 Å². The number of fused-ring (bicyclic) bond motifs is 2. The summed E-state index contributed by atoms with van der Waals surface area (Å²) in [7, 11) is 0. The Labute approximate surface area is 142 Å². The fraction of sp³-hybridized carbons (Fsp3) is 0.941. The van der Waals surface area contributed by atoms with Gasteiger partial charge in [-0.15, -0.1) is 0 Å². The first-order chi connectivity index (χ1) is 9.97. The van der Waals surface area contributed by atoms with Gasteiger partial charge < -0.3 is 9.84 Å². The average molecular weight is 408 g/mol. The highest BCUT2D eigenvalue weighted by atomic mass is 127. The van der Waals surface area contributed by atoms with E-state index in [1.54, 1.807) is 0 Å². The molecule has 21 heavy (non-hydrogen) atoms. The zero-order valence-electron chi connectivity index (χ0n) is 13.3. The van der Waals surface area contributed by atoms with Gasteiger partial charge in [-0.1, -0.05) is 42.4 Å². The van der Waals surface area contributed by atoms with Crippen molar-refractivity contribution in [2.45, 2.75) is 74.7 Å². The minimum absolute atomic E-state index is 0.0476. The van der Waals surface area contributed by atoms with Gasteiger partial charge in [-0.2, -0.15) is 0 Å². The van der Waals surface area contributed by atoms with E-state index in [9.17, 15) is 4.79 Å². The minimum atomic E-state index is -0.412. The molecule has 5 atom stereocenters. The molecular weight excluding hydrogens is 379 g/mol. The normalized spacial score (nSPS) is 35.0. The predicted molar refractivity (Wildman–Crippen MR) is 92.5 cm³/mol. The lowest BCUT2D eigenvalue weighted by Gasteiger charge is -2.45. The third kappa shape index (κ3) is 4.34. The Hall–Kier alpha value is 0.160. The number of ether oxygens (including phenoxy) is 1. The Bertz CT molecular complexity index is 356. The van der Waals surface area contributed by atoms with Gasteiger partial charge in [0, 0.05) is 6.61 Å². The molecule has 2 rings (SSSR count). The van der Waals surface area contributed by atoms with Crippen LogP contribution in [-0.2, 0) is 9.53 Å². The molecule has 2 saturated carbocycles. The van der Waals surface area contributed by atoms with Crippen molar-refractivity contribution in [1.82, 2.24) is 0 Å². The first kappa shape index (κ1) is 17.5. The Kier molecular flexibility index (Phi) is 6.36. The summed E-state index contributed by atoms with van der Waals surface area (Å²) in [5.74, 6) is 1.77. The fourth-order valence-corrected chi connectivity index (χ4v) is 4.14. The van der Waals surface area contributed by atoms with Crippen molar-refractivity contribution in [3.8, 4) is 0 Å². The van der Waals surface area contributed by atoms with Crippen LogP contribution in [0.4, 0.5) is 0 Å². The standard InChI is InChI=1S/C17H29IO3/c1-3-17(2,18)16(20)21-15-13-7-4-6-12(10-13)11-14(15)8-5-9-19/h12-15,19H,3-11H2,1-2H3. The van der Waals surface area contributed by atoms with E-state index in [1.165, 1.54) is 32.1 Å². The molecule has 0 radical (unpaired) electrons. The van der Waals surface area contributed by atoms with Crippen LogP contribution in [-0.4, -0.2) is 27.2 Å². The Balaban J connectivity index is 2.05. The predicted octanol–water partition coefficient (Wildman–Crippen LogP) is 4.10. The van der Waals surface area contributed by atoms with Crippen LogP contribution in [0.3, 0.4) is 0 Å². The van der Waals surface area contributed by atoms with Gasteiger partial charge >= 0.3 is 5.97 Å². The summed E-state index contributed by atoms with van der Waals surface area (Å²) in [5.41, 5.74) is 0. The number of carbonyl (C=O) groups excluding carboxylic acids is 1. The second kappa shape index (κ2) is 7.62. The number of esters is 1. The molecule has 0 spiro atoms. The topological polar surface area (TPSA) is 46.5 Å². The van der Waals surface area contributed by atoms with Crippen molar-refractivity contribution < 1.29 is 14.6 Å². The van der Waals surface area contributed by atoms with Gasteiger partial charge in [0.25, 0.3) is 0 Å². The van der Waals surface area contributed by atoms with Gasteiger partial charge in [0.05, 0.1) is 0 Å². The number of hydrogen-bond donors (Lipinski definition) is 1. The van der Waals surface area contributed by atoms with Gasteiger partial charge in [-0.05, 0) is 63.2 Å².